The van der Waals surface area contributed by atoms with E-state index in [4.69, 9.17) is 5.11 Å². The van der Waals surface area contributed by atoms with Gasteiger partial charge in [-0.25, -0.2) is 0 Å². The first kappa shape index (κ1) is 16.7. The number of amides is 1. The lowest BCUT2D eigenvalue weighted by atomic mass is 9.86. The minimum absolute atomic E-state index is 0.0308. The molecular formula is C19H21NO3. The Hall–Kier alpha value is -2.62. The Balaban J connectivity index is 2.18. The Labute approximate surface area is 136 Å². The zero-order valence-electron chi connectivity index (χ0n) is 13.6. The van der Waals surface area contributed by atoms with Gasteiger partial charge >= 0.3 is 5.97 Å². The molecule has 2 aromatic carbocycles. The summed E-state index contributed by atoms with van der Waals surface area (Å²) in [4.78, 5) is 23.2. The van der Waals surface area contributed by atoms with Crippen LogP contribution in [0.3, 0.4) is 0 Å². The van der Waals surface area contributed by atoms with Gasteiger partial charge in [0.1, 0.15) is 0 Å². The molecule has 120 valence electrons. The lowest BCUT2D eigenvalue weighted by Gasteiger charge is -2.19. The summed E-state index contributed by atoms with van der Waals surface area (Å²) in [5.74, 6) is -1.18. The number of carbonyl (C=O) groups excluding carboxylic acids is 1. The van der Waals surface area contributed by atoms with Crippen molar-refractivity contribution in [3.63, 3.8) is 0 Å². The van der Waals surface area contributed by atoms with Crippen molar-refractivity contribution >= 4 is 17.6 Å². The van der Waals surface area contributed by atoms with E-state index in [0.29, 0.717) is 16.8 Å². The van der Waals surface area contributed by atoms with Gasteiger partial charge in [0.15, 0.2) is 0 Å². The summed E-state index contributed by atoms with van der Waals surface area (Å²) in [6.07, 6.45) is -0.126. The predicted octanol–water partition coefficient (Wildman–Crippen LogP) is 3.86. The molecule has 0 saturated heterocycles. The van der Waals surface area contributed by atoms with Crippen molar-refractivity contribution in [3.8, 4) is 0 Å². The van der Waals surface area contributed by atoms with Gasteiger partial charge in [0.2, 0.25) is 0 Å². The van der Waals surface area contributed by atoms with Crippen LogP contribution >= 0.6 is 0 Å². The summed E-state index contributed by atoms with van der Waals surface area (Å²) in [6.45, 7) is 6.35. The summed E-state index contributed by atoms with van der Waals surface area (Å²) in [5, 5.41) is 11.7. The zero-order chi connectivity index (χ0) is 17.0. The molecule has 0 aliphatic rings. The number of carboxylic acid groups (broad SMARTS) is 1. The summed E-state index contributed by atoms with van der Waals surface area (Å²) in [5.41, 5.74) is 2.84. The minimum Gasteiger partial charge on any atom is -0.481 e. The van der Waals surface area contributed by atoms with E-state index < -0.39 is 5.97 Å². The second kappa shape index (κ2) is 6.65. The van der Waals surface area contributed by atoms with E-state index in [1.807, 2.05) is 12.1 Å². The van der Waals surface area contributed by atoms with Crippen LogP contribution in [0.2, 0.25) is 0 Å². The van der Waals surface area contributed by atoms with Crippen molar-refractivity contribution in [3.05, 3.63) is 65.2 Å². The number of carbonyl (C=O) groups is 2. The van der Waals surface area contributed by atoms with Crippen molar-refractivity contribution in [2.75, 3.05) is 5.32 Å². The van der Waals surface area contributed by atoms with E-state index in [9.17, 15) is 9.59 Å². The average molecular weight is 311 g/mol. The van der Waals surface area contributed by atoms with Crippen LogP contribution < -0.4 is 5.32 Å². The molecule has 1 amide bonds. The Kier molecular flexibility index (Phi) is 4.84. The van der Waals surface area contributed by atoms with Crippen LogP contribution in [0.25, 0.3) is 0 Å². The Morgan fingerprint density at radius 2 is 1.61 bits per heavy atom. The fourth-order valence-corrected chi connectivity index (χ4v) is 2.28. The highest BCUT2D eigenvalue weighted by Gasteiger charge is 2.15. The number of rotatable bonds is 4. The molecule has 0 bridgehead atoms. The number of hydrogen-bond donors (Lipinski definition) is 2. The average Bonchev–Trinajstić information content (AvgIpc) is 2.48. The van der Waals surface area contributed by atoms with E-state index in [-0.39, 0.29) is 17.7 Å². The summed E-state index contributed by atoms with van der Waals surface area (Å²) in [7, 11) is 0. The fourth-order valence-electron chi connectivity index (χ4n) is 2.28. The van der Waals surface area contributed by atoms with Crippen LogP contribution in [-0.2, 0) is 16.6 Å². The summed E-state index contributed by atoms with van der Waals surface area (Å²) >= 11 is 0. The SMILES string of the molecule is CC(C)(C)c1ccc(C(=O)Nc2ccccc2CC(=O)O)cc1. The van der Waals surface area contributed by atoms with Crippen LogP contribution in [0.4, 0.5) is 5.69 Å². The molecule has 0 aliphatic heterocycles. The third-order valence-corrected chi connectivity index (χ3v) is 3.62. The van der Waals surface area contributed by atoms with Gasteiger partial charge in [0.25, 0.3) is 5.91 Å². The van der Waals surface area contributed by atoms with Crippen molar-refractivity contribution in [2.45, 2.75) is 32.6 Å². The van der Waals surface area contributed by atoms with E-state index in [1.165, 1.54) is 0 Å². The first-order valence-corrected chi connectivity index (χ1v) is 7.49. The summed E-state index contributed by atoms with van der Waals surface area (Å²) in [6, 6.07) is 14.4. The fraction of sp³-hybridized carbons (Fsp3) is 0.263. The molecule has 0 heterocycles. The largest absolute Gasteiger partial charge is 0.481 e. The quantitative estimate of drug-likeness (QED) is 0.901. The molecule has 2 aromatic rings. The van der Waals surface area contributed by atoms with E-state index in [2.05, 4.69) is 26.1 Å². The van der Waals surface area contributed by atoms with Crippen LogP contribution in [-0.4, -0.2) is 17.0 Å². The van der Waals surface area contributed by atoms with Crippen LogP contribution in [0, 0.1) is 0 Å². The van der Waals surface area contributed by atoms with Gasteiger partial charge in [-0.2, -0.15) is 0 Å². The molecule has 0 aliphatic carbocycles. The first-order valence-electron chi connectivity index (χ1n) is 7.49. The minimum atomic E-state index is -0.929. The van der Waals surface area contributed by atoms with Crippen LogP contribution in [0.15, 0.2) is 48.5 Å². The van der Waals surface area contributed by atoms with Crippen molar-refractivity contribution in [2.24, 2.45) is 0 Å². The maximum Gasteiger partial charge on any atom is 0.307 e. The maximum atomic E-state index is 12.4. The third-order valence-electron chi connectivity index (χ3n) is 3.62. The van der Waals surface area contributed by atoms with Gasteiger partial charge in [-0.1, -0.05) is 51.1 Å². The standard InChI is InChI=1S/C19H21NO3/c1-19(2,3)15-10-8-13(9-11-15)18(23)20-16-7-5-4-6-14(16)12-17(21)22/h4-11H,12H2,1-3H3,(H,20,23)(H,21,22). The Morgan fingerprint density at radius 3 is 2.17 bits per heavy atom. The molecule has 2 N–H and O–H groups in total. The molecule has 0 saturated carbocycles. The molecule has 4 heteroatoms. The van der Waals surface area contributed by atoms with Gasteiger partial charge in [-0.15, -0.1) is 0 Å². The Morgan fingerprint density at radius 1 is 1.00 bits per heavy atom. The number of carboxylic acids is 1. The second-order valence-electron chi connectivity index (χ2n) is 6.51. The van der Waals surface area contributed by atoms with Crippen LogP contribution in [0.5, 0.6) is 0 Å². The normalized spacial score (nSPS) is 11.1. The lowest BCUT2D eigenvalue weighted by Crippen LogP contribution is -2.15. The number of hydrogen-bond acceptors (Lipinski definition) is 2. The number of aliphatic carboxylic acids is 1. The highest BCUT2D eigenvalue weighted by Crippen LogP contribution is 2.23. The smallest absolute Gasteiger partial charge is 0.307 e. The van der Waals surface area contributed by atoms with Gasteiger partial charge in [-0.05, 0) is 34.7 Å². The molecule has 0 radical (unpaired) electrons. The van der Waals surface area contributed by atoms with E-state index in [0.717, 1.165) is 5.56 Å². The predicted molar refractivity (Wildman–Crippen MR) is 90.9 cm³/mol. The van der Waals surface area contributed by atoms with Crippen molar-refractivity contribution in [1.82, 2.24) is 0 Å². The topological polar surface area (TPSA) is 66.4 Å². The van der Waals surface area contributed by atoms with Crippen LogP contribution in [0.1, 0.15) is 42.3 Å². The second-order valence-corrected chi connectivity index (χ2v) is 6.51. The van der Waals surface area contributed by atoms with E-state index >= 15 is 0 Å². The number of para-hydroxylation sites is 1. The van der Waals surface area contributed by atoms with Gasteiger partial charge in [0, 0.05) is 11.3 Å². The third kappa shape index (κ3) is 4.42. The van der Waals surface area contributed by atoms with Gasteiger partial charge < -0.3 is 10.4 Å². The first-order chi connectivity index (χ1) is 10.8. The number of benzene rings is 2. The Bertz CT molecular complexity index is 712. The maximum absolute atomic E-state index is 12.4. The van der Waals surface area contributed by atoms with E-state index in [1.54, 1.807) is 36.4 Å². The lowest BCUT2D eigenvalue weighted by molar-refractivity contribution is -0.136. The summed E-state index contributed by atoms with van der Waals surface area (Å²) < 4.78 is 0. The molecule has 4 nitrogen and oxygen atoms in total. The molecule has 0 aromatic heterocycles. The van der Waals surface area contributed by atoms with Gasteiger partial charge in [-0.3, -0.25) is 9.59 Å². The highest BCUT2D eigenvalue weighted by atomic mass is 16.4. The molecular weight excluding hydrogens is 290 g/mol. The molecule has 0 unspecified atom stereocenters. The van der Waals surface area contributed by atoms with Crippen molar-refractivity contribution in [1.29, 1.82) is 0 Å². The van der Waals surface area contributed by atoms with Gasteiger partial charge in [0.05, 0.1) is 6.42 Å². The molecule has 0 spiro atoms. The number of nitrogens with one attached hydrogen (secondary N) is 1. The molecule has 0 fully saturated rings. The molecule has 2 rings (SSSR count). The molecule has 23 heavy (non-hydrogen) atoms. The highest BCUT2D eigenvalue weighted by molar-refractivity contribution is 6.04. The molecule has 0 atom stereocenters. The zero-order valence-corrected chi connectivity index (χ0v) is 13.6. The van der Waals surface area contributed by atoms with Crippen molar-refractivity contribution < 1.29 is 14.7 Å². The monoisotopic (exact) mass is 311 g/mol. The number of anilines is 1.